The minimum Gasteiger partial charge on any atom is -0.317 e. The van der Waals surface area contributed by atoms with E-state index < -0.39 is 0 Å². The van der Waals surface area contributed by atoms with Crippen LogP contribution in [-0.2, 0) is 6.54 Å². The molecule has 0 saturated carbocycles. The van der Waals surface area contributed by atoms with Crippen LogP contribution < -0.4 is 5.32 Å². The SMILES string of the molecule is c1cnn(CCCC2CCNCC2)c1. The van der Waals surface area contributed by atoms with Crippen LogP contribution in [0.15, 0.2) is 18.5 Å². The Morgan fingerprint density at radius 3 is 2.93 bits per heavy atom. The Hall–Kier alpha value is -0.830. The molecule has 1 aliphatic rings. The number of hydrogen-bond acceptors (Lipinski definition) is 2. The number of rotatable bonds is 4. The molecule has 0 radical (unpaired) electrons. The van der Waals surface area contributed by atoms with Crippen molar-refractivity contribution in [3.8, 4) is 0 Å². The van der Waals surface area contributed by atoms with Crippen LogP contribution >= 0.6 is 0 Å². The summed E-state index contributed by atoms with van der Waals surface area (Å²) in [4.78, 5) is 0. The summed E-state index contributed by atoms with van der Waals surface area (Å²) in [5.41, 5.74) is 0. The van der Waals surface area contributed by atoms with Crippen LogP contribution in [0.1, 0.15) is 25.7 Å². The third-order valence-corrected chi connectivity index (χ3v) is 3.02. The second-order valence-corrected chi connectivity index (χ2v) is 4.10. The Bertz CT molecular complexity index is 237. The van der Waals surface area contributed by atoms with Crippen LogP contribution in [-0.4, -0.2) is 22.9 Å². The van der Waals surface area contributed by atoms with Crippen molar-refractivity contribution in [2.75, 3.05) is 13.1 Å². The highest BCUT2D eigenvalue weighted by molar-refractivity contribution is 4.77. The summed E-state index contributed by atoms with van der Waals surface area (Å²) in [7, 11) is 0. The van der Waals surface area contributed by atoms with Crippen LogP contribution in [0.5, 0.6) is 0 Å². The highest BCUT2D eigenvalue weighted by Crippen LogP contribution is 2.17. The Morgan fingerprint density at radius 2 is 2.21 bits per heavy atom. The molecule has 3 nitrogen and oxygen atoms in total. The molecule has 3 heteroatoms. The highest BCUT2D eigenvalue weighted by Gasteiger charge is 2.11. The molecule has 0 aliphatic carbocycles. The van der Waals surface area contributed by atoms with E-state index in [1.165, 1.54) is 38.8 Å². The molecule has 1 aromatic heterocycles. The lowest BCUT2D eigenvalue weighted by Gasteiger charge is -2.22. The van der Waals surface area contributed by atoms with E-state index in [0.29, 0.717) is 0 Å². The van der Waals surface area contributed by atoms with Gasteiger partial charge in [0.15, 0.2) is 0 Å². The second-order valence-electron chi connectivity index (χ2n) is 4.10. The summed E-state index contributed by atoms with van der Waals surface area (Å²) in [6, 6.07) is 1.99. The molecule has 0 spiro atoms. The predicted molar refractivity (Wildman–Crippen MR) is 57.1 cm³/mol. The molecule has 1 aliphatic heterocycles. The monoisotopic (exact) mass is 193 g/mol. The van der Waals surface area contributed by atoms with Gasteiger partial charge in [0.25, 0.3) is 0 Å². The van der Waals surface area contributed by atoms with Gasteiger partial charge in [0.05, 0.1) is 0 Å². The van der Waals surface area contributed by atoms with Crippen molar-refractivity contribution in [3.05, 3.63) is 18.5 Å². The molecule has 0 amide bonds. The van der Waals surface area contributed by atoms with Gasteiger partial charge in [-0.25, -0.2) is 0 Å². The lowest BCUT2D eigenvalue weighted by Crippen LogP contribution is -2.27. The first-order valence-corrected chi connectivity index (χ1v) is 5.63. The van der Waals surface area contributed by atoms with E-state index in [4.69, 9.17) is 0 Å². The Labute approximate surface area is 85.5 Å². The lowest BCUT2D eigenvalue weighted by atomic mass is 9.93. The zero-order valence-electron chi connectivity index (χ0n) is 8.65. The Morgan fingerprint density at radius 1 is 1.36 bits per heavy atom. The van der Waals surface area contributed by atoms with Crippen molar-refractivity contribution >= 4 is 0 Å². The third-order valence-electron chi connectivity index (χ3n) is 3.02. The smallest absolute Gasteiger partial charge is 0.0489 e. The van der Waals surface area contributed by atoms with Crippen molar-refractivity contribution in [3.63, 3.8) is 0 Å². The Kier molecular flexibility index (Phi) is 3.57. The largest absolute Gasteiger partial charge is 0.317 e. The molecule has 1 saturated heterocycles. The molecule has 2 heterocycles. The van der Waals surface area contributed by atoms with Crippen molar-refractivity contribution in [2.45, 2.75) is 32.2 Å². The molecule has 14 heavy (non-hydrogen) atoms. The van der Waals surface area contributed by atoms with Crippen LogP contribution in [0.2, 0.25) is 0 Å². The normalized spacial score (nSPS) is 18.6. The first-order chi connectivity index (χ1) is 6.95. The summed E-state index contributed by atoms with van der Waals surface area (Å²) < 4.78 is 2.03. The number of piperidine rings is 1. The summed E-state index contributed by atoms with van der Waals surface area (Å²) in [5, 5.41) is 7.60. The molecule has 1 aromatic rings. The van der Waals surface area contributed by atoms with Gasteiger partial charge < -0.3 is 5.32 Å². The maximum atomic E-state index is 4.20. The van der Waals surface area contributed by atoms with Gasteiger partial charge in [0.1, 0.15) is 0 Å². The van der Waals surface area contributed by atoms with Gasteiger partial charge in [-0.1, -0.05) is 0 Å². The van der Waals surface area contributed by atoms with E-state index in [0.717, 1.165) is 12.5 Å². The van der Waals surface area contributed by atoms with E-state index >= 15 is 0 Å². The molecule has 0 atom stereocenters. The van der Waals surface area contributed by atoms with Crippen LogP contribution in [0, 0.1) is 5.92 Å². The molecule has 78 valence electrons. The van der Waals surface area contributed by atoms with E-state index in [2.05, 4.69) is 10.4 Å². The zero-order chi connectivity index (χ0) is 9.64. The molecular formula is C11H19N3. The number of nitrogens with one attached hydrogen (secondary N) is 1. The highest BCUT2D eigenvalue weighted by atomic mass is 15.3. The lowest BCUT2D eigenvalue weighted by molar-refractivity contribution is 0.337. The molecule has 1 N–H and O–H groups in total. The van der Waals surface area contributed by atoms with Gasteiger partial charge in [-0.2, -0.15) is 5.10 Å². The van der Waals surface area contributed by atoms with Crippen molar-refractivity contribution in [1.82, 2.24) is 15.1 Å². The van der Waals surface area contributed by atoms with Crippen LogP contribution in [0.4, 0.5) is 0 Å². The van der Waals surface area contributed by atoms with Crippen LogP contribution in [0.25, 0.3) is 0 Å². The van der Waals surface area contributed by atoms with Gasteiger partial charge in [0.2, 0.25) is 0 Å². The fraction of sp³-hybridized carbons (Fsp3) is 0.727. The van der Waals surface area contributed by atoms with E-state index in [9.17, 15) is 0 Å². The van der Waals surface area contributed by atoms with Crippen molar-refractivity contribution in [2.24, 2.45) is 5.92 Å². The quantitative estimate of drug-likeness (QED) is 0.788. The molecule has 0 aromatic carbocycles. The van der Waals surface area contributed by atoms with E-state index in [1.807, 2.05) is 23.1 Å². The number of aryl methyl sites for hydroxylation is 1. The number of aromatic nitrogens is 2. The minimum absolute atomic E-state index is 0.951. The molecule has 0 bridgehead atoms. The predicted octanol–water partition coefficient (Wildman–Crippen LogP) is 1.66. The average molecular weight is 193 g/mol. The number of hydrogen-bond donors (Lipinski definition) is 1. The third kappa shape index (κ3) is 2.84. The first-order valence-electron chi connectivity index (χ1n) is 5.63. The summed E-state index contributed by atoms with van der Waals surface area (Å²) in [5.74, 6) is 0.951. The Balaban J connectivity index is 1.62. The molecule has 1 fully saturated rings. The molecule has 0 unspecified atom stereocenters. The van der Waals surface area contributed by atoms with Gasteiger partial charge in [-0.15, -0.1) is 0 Å². The standard InChI is InChI=1S/C11H19N3/c1(9-14-10-2-6-13-14)3-11-4-7-12-8-5-11/h2,6,10-12H,1,3-5,7-9H2. The van der Waals surface area contributed by atoms with Crippen LogP contribution in [0.3, 0.4) is 0 Å². The fourth-order valence-corrected chi connectivity index (χ4v) is 2.15. The fourth-order valence-electron chi connectivity index (χ4n) is 2.15. The molecular weight excluding hydrogens is 174 g/mol. The van der Waals surface area contributed by atoms with Gasteiger partial charge in [0, 0.05) is 18.9 Å². The first kappa shape index (κ1) is 9.71. The van der Waals surface area contributed by atoms with E-state index in [1.54, 1.807) is 0 Å². The second kappa shape index (κ2) is 5.15. The number of nitrogens with zero attached hydrogens (tertiary/aromatic N) is 2. The topological polar surface area (TPSA) is 29.9 Å². The van der Waals surface area contributed by atoms with E-state index in [-0.39, 0.29) is 0 Å². The van der Waals surface area contributed by atoms with Crippen molar-refractivity contribution in [1.29, 1.82) is 0 Å². The van der Waals surface area contributed by atoms with Gasteiger partial charge in [-0.3, -0.25) is 4.68 Å². The minimum atomic E-state index is 0.951. The van der Waals surface area contributed by atoms with Gasteiger partial charge >= 0.3 is 0 Å². The van der Waals surface area contributed by atoms with Crippen molar-refractivity contribution < 1.29 is 0 Å². The maximum absolute atomic E-state index is 4.20. The summed E-state index contributed by atoms with van der Waals surface area (Å²) >= 11 is 0. The van der Waals surface area contributed by atoms with Gasteiger partial charge in [-0.05, 0) is 50.8 Å². The molecule has 2 rings (SSSR count). The average Bonchev–Trinajstić information content (AvgIpc) is 2.72. The maximum Gasteiger partial charge on any atom is 0.0489 e. The summed E-state index contributed by atoms with van der Waals surface area (Å²) in [6.07, 6.45) is 9.25. The zero-order valence-corrected chi connectivity index (χ0v) is 8.65. The summed E-state index contributed by atoms with van der Waals surface area (Å²) in [6.45, 7) is 3.51.